The van der Waals surface area contributed by atoms with Crippen molar-refractivity contribution in [1.82, 2.24) is 15.5 Å². The Labute approximate surface area is 102 Å². The zero-order valence-electron chi connectivity index (χ0n) is 10.7. The smallest absolute Gasteiger partial charge is 0.318 e. The highest BCUT2D eigenvalue weighted by Gasteiger charge is 2.25. The molecule has 4 N–H and O–H groups in total. The fourth-order valence-corrected chi connectivity index (χ4v) is 2.10. The average Bonchev–Trinajstić information content (AvgIpc) is 2.22. The van der Waals surface area contributed by atoms with Crippen LogP contribution in [0.4, 0.5) is 4.79 Å². The quantitative estimate of drug-likeness (QED) is 0.631. The zero-order chi connectivity index (χ0) is 13.0. The second-order valence-corrected chi connectivity index (χ2v) is 4.79. The first-order valence-corrected chi connectivity index (χ1v) is 5.96. The number of amides is 3. The summed E-state index contributed by atoms with van der Waals surface area (Å²) in [6.07, 6.45) is 2.01. The Morgan fingerprint density at radius 1 is 1.47 bits per heavy atom. The van der Waals surface area contributed by atoms with Gasteiger partial charge in [0.1, 0.15) is 0 Å². The fraction of sp³-hybridized carbons (Fsp3) is 0.818. The maximum Gasteiger partial charge on any atom is 0.318 e. The molecule has 1 heterocycles. The van der Waals surface area contributed by atoms with E-state index in [0.717, 1.165) is 19.4 Å². The molecule has 6 nitrogen and oxygen atoms in total. The fourth-order valence-electron chi connectivity index (χ4n) is 2.10. The molecule has 0 spiro atoms. The lowest BCUT2D eigenvalue weighted by Crippen LogP contribution is -2.53. The van der Waals surface area contributed by atoms with Crippen molar-refractivity contribution in [2.75, 3.05) is 13.6 Å². The first-order chi connectivity index (χ1) is 7.90. The van der Waals surface area contributed by atoms with Crippen LogP contribution in [0.2, 0.25) is 0 Å². The van der Waals surface area contributed by atoms with Crippen molar-refractivity contribution in [1.29, 1.82) is 0 Å². The summed E-state index contributed by atoms with van der Waals surface area (Å²) in [6, 6.07) is -0.383. The normalized spacial score (nSPS) is 27.5. The summed E-state index contributed by atoms with van der Waals surface area (Å²) >= 11 is 0. The number of likely N-dealkylation sites (tertiary alicyclic amines) is 1. The van der Waals surface area contributed by atoms with Gasteiger partial charge in [0.2, 0.25) is 5.91 Å². The second kappa shape index (κ2) is 5.97. The van der Waals surface area contributed by atoms with Crippen molar-refractivity contribution >= 4 is 11.9 Å². The number of carbonyl (C=O) groups is 2. The third kappa shape index (κ3) is 4.32. The van der Waals surface area contributed by atoms with E-state index in [1.54, 1.807) is 6.92 Å². The maximum atomic E-state index is 11.5. The number of primary amides is 1. The molecule has 0 bridgehead atoms. The monoisotopic (exact) mass is 242 g/mol. The summed E-state index contributed by atoms with van der Waals surface area (Å²) < 4.78 is 0. The van der Waals surface area contributed by atoms with Crippen LogP contribution in [-0.4, -0.2) is 48.6 Å². The summed E-state index contributed by atoms with van der Waals surface area (Å²) in [5.41, 5.74) is 4.90. The number of nitrogens with zero attached hydrogens (tertiary/aromatic N) is 1. The van der Waals surface area contributed by atoms with Crippen molar-refractivity contribution in [2.24, 2.45) is 5.73 Å². The highest BCUT2D eigenvalue weighted by molar-refractivity contribution is 5.96. The third-order valence-electron chi connectivity index (χ3n) is 3.33. The van der Waals surface area contributed by atoms with E-state index in [4.69, 9.17) is 5.73 Å². The zero-order valence-corrected chi connectivity index (χ0v) is 10.7. The number of hydrogen-bond donors (Lipinski definition) is 3. The molecular formula is C11H22N4O2. The van der Waals surface area contributed by atoms with Crippen LogP contribution >= 0.6 is 0 Å². The number of rotatable bonds is 3. The molecule has 1 fully saturated rings. The Morgan fingerprint density at radius 2 is 2.12 bits per heavy atom. The van der Waals surface area contributed by atoms with Gasteiger partial charge in [0.25, 0.3) is 0 Å². The molecule has 1 rings (SSSR count). The van der Waals surface area contributed by atoms with Crippen LogP contribution in [0.25, 0.3) is 0 Å². The van der Waals surface area contributed by atoms with E-state index < -0.39 is 12.1 Å². The van der Waals surface area contributed by atoms with Crippen LogP contribution in [0.15, 0.2) is 0 Å². The van der Waals surface area contributed by atoms with Gasteiger partial charge < -0.3 is 16.0 Å². The van der Waals surface area contributed by atoms with Gasteiger partial charge in [-0.05, 0) is 40.3 Å². The molecule has 0 aromatic rings. The summed E-state index contributed by atoms with van der Waals surface area (Å²) in [5.74, 6) is -0.371. The number of carbonyl (C=O) groups excluding carboxylic acids is 2. The van der Waals surface area contributed by atoms with Crippen molar-refractivity contribution in [2.45, 2.75) is 44.8 Å². The molecular weight excluding hydrogens is 220 g/mol. The molecule has 6 heteroatoms. The predicted octanol–water partition coefficient (Wildman–Crippen LogP) is -0.358. The summed E-state index contributed by atoms with van der Waals surface area (Å²) in [6.45, 7) is 4.92. The Kier molecular flexibility index (Phi) is 4.89. The molecule has 0 radical (unpaired) electrons. The van der Waals surface area contributed by atoms with E-state index in [2.05, 4.69) is 29.5 Å². The summed E-state index contributed by atoms with van der Waals surface area (Å²) in [5, 5.41) is 5.31. The van der Waals surface area contributed by atoms with Crippen LogP contribution in [0.3, 0.4) is 0 Å². The Balaban J connectivity index is 2.38. The van der Waals surface area contributed by atoms with E-state index in [0.29, 0.717) is 12.1 Å². The molecule has 3 amide bonds. The van der Waals surface area contributed by atoms with Crippen molar-refractivity contribution < 1.29 is 9.59 Å². The SMILES string of the molecule is CC(NC1CCN(C)C(C)C1)C(=O)NC(N)=O. The molecule has 1 aliphatic rings. The Hall–Kier alpha value is -1.14. The van der Waals surface area contributed by atoms with Crippen molar-refractivity contribution in [3.63, 3.8) is 0 Å². The third-order valence-corrected chi connectivity index (χ3v) is 3.33. The second-order valence-electron chi connectivity index (χ2n) is 4.79. The van der Waals surface area contributed by atoms with Gasteiger partial charge in [0.05, 0.1) is 6.04 Å². The molecule has 1 saturated heterocycles. The maximum absolute atomic E-state index is 11.5. The lowest BCUT2D eigenvalue weighted by molar-refractivity contribution is -0.121. The van der Waals surface area contributed by atoms with E-state index in [1.807, 2.05) is 0 Å². The van der Waals surface area contributed by atoms with Gasteiger partial charge in [0, 0.05) is 12.1 Å². The first kappa shape index (κ1) is 13.9. The molecule has 0 aromatic heterocycles. The minimum atomic E-state index is -0.805. The van der Waals surface area contributed by atoms with E-state index >= 15 is 0 Å². The largest absolute Gasteiger partial charge is 0.351 e. The Bertz CT molecular complexity index is 295. The highest BCUT2D eigenvalue weighted by Crippen LogP contribution is 2.15. The number of imide groups is 1. The van der Waals surface area contributed by atoms with Crippen LogP contribution in [0.5, 0.6) is 0 Å². The van der Waals surface area contributed by atoms with Gasteiger partial charge in [-0.2, -0.15) is 0 Å². The predicted molar refractivity (Wildman–Crippen MR) is 65.4 cm³/mol. The van der Waals surface area contributed by atoms with Crippen LogP contribution in [0, 0.1) is 0 Å². The number of nitrogens with two attached hydrogens (primary N) is 1. The Morgan fingerprint density at radius 3 is 2.65 bits per heavy atom. The lowest BCUT2D eigenvalue weighted by atomic mass is 9.98. The first-order valence-electron chi connectivity index (χ1n) is 5.96. The van der Waals surface area contributed by atoms with Crippen molar-refractivity contribution in [3.8, 4) is 0 Å². The molecule has 3 atom stereocenters. The van der Waals surface area contributed by atoms with E-state index in [-0.39, 0.29) is 5.91 Å². The standard InChI is InChI=1S/C11H22N4O2/c1-7-6-9(4-5-15(7)3)13-8(2)10(16)14-11(12)17/h7-9,13H,4-6H2,1-3H3,(H3,12,14,16,17). The van der Waals surface area contributed by atoms with E-state index in [9.17, 15) is 9.59 Å². The van der Waals surface area contributed by atoms with Gasteiger partial charge >= 0.3 is 6.03 Å². The van der Waals surface area contributed by atoms with Gasteiger partial charge in [0.15, 0.2) is 0 Å². The van der Waals surface area contributed by atoms with Gasteiger partial charge in [-0.15, -0.1) is 0 Å². The van der Waals surface area contributed by atoms with E-state index in [1.165, 1.54) is 0 Å². The average molecular weight is 242 g/mol. The van der Waals surface area contributed by atoms with Gasteiger partial charge in [-0.3, -0.25) is 10.1 Å². The van der Waals surface area contributed by atoms with Gasteiger partial charge in [-0.1, -0.05) is 0 Å². The molecule has 98 valence electrons. The minimum absolute atomic E-state index is 0.315. The molecule has 1 aliphatic heterocycles. The molecule has 0 saturated carbocycles. The summed E-state index contributed by atoms with van der Waals surface area (Å²) in [7, 11) is 2.10. The topological polar surface area (TPSA) is 87.5 Å². The number of urea groups is 1. The number of hydrogen-bond acceptors (Lipinski definition) is 4. The van der Waals surface area contributed by atoms with Crippen LogP contribution < -0.4 is 16.4 Å². The van der Waals surface area contributed by atoms with Crippen molar-refractivity contribution in [3.05, 3.63) is 0 Å². The van der Waals surface area contributed by atoms with Crippen LogP contribution in [-0.2, 0) is 4.79 Å². The summed E-state index contributed by atoms with van der Waals surface area (Å²) in [4.78, 5) is 24.3. The lowest BCUT2D eigenvalue weighted by Gasteiger charge is -2.36. The molecule has 17 heavy (non-hydrogen) atoms. The number of piperidine rings is 1. The number of nitrogens with one attached hydrogen (secondary N) is 2. The van der Waals surface area contributed by atoms with Crippen LogP contribution in [0.1, 0.15) is 26.7 Å². The highest BCUT2D eigenvalue weighted by atomic mass is 16.2. The van der Waals surface area contributed by atoms with Gasteiger partial charge in [-0.25, -0.2) is 4.79 Å². The molecule has 3 unspecified atom stereocenters. The molecule has 0 aliphatic carbocycles. The minimum Gasteiger partial charge on any atom is -0.351 e. The molecule has 0 aromatic carbocycles.